The molecule has 96 valence electrons. The van der Waals surface area contributed by atoms with Crippen LogP contribution in [0.2, 0.25) is 10.2 Å². The van der Waals surface area contributed by atoms with Crippen molar-refractivity contribution in [1.82, 2.24) is 9.88 Å². The molecule has 1 saturated heterocycles. The maximum atomic E-state index is 12.1. The first kappa shape index (κ1) is 13.1. The molecule has 2 heterocycles. The van der Waals surface area contributed by atoms with Gasteiger partial charge in [0.05, 0.1) is 16.5 Å². The molecule has 1 amide bonds. The smallest absolute Gasteiger partial charge is 0.308 e. The highest BCUT2D eigenvalue weighted by Crippen LogP contribution is 2.23. The van der Waals surface area contributed by atoms with Gasteiger partial charge in [0.15, 0.2) is 0 Å². The maximum absolute atomic E-state index is 12.1. The Morgan fingerprint density at radius 2 is 2.17 bits per heavy atom. The number of carboxylic acid groups (broad SMARTS) is 1. The van der Waals surface area contributed by atoms with E-state index in [0.29, 0.717) is 18.5 Å². The summed E-state index contributed by atoms with van der Waals surface area (Å²) in [6, 6.07) is 1.44. The number of hydrogen-bond donors (Lipinski definition) is 1. The number of hydrogen-bond acceptors (Lipinski definition) is 3. The topological polar surface area (TPSA) is 70.5 Å². The maximum Gasteiger partial charge on any atom is 0.308 e. The molecule has 1 unspecified atom stereocenters. The summed E-state index contributed by atoms with van der Waals surface area (Å²) in [6.07, 6.45) is 1.81. The zero-order chi connectivity index (χ0) is 13.3. The number of likely N-dealkylation sites (tertiary alicyclic amines) is 1. The Morgan fingerprint density at radius 3 is 2.72 bits per heavy atom. The fourth-order valence-electron chi connectivity index (χ4n) is 1.87. The zero-order valence-electron chi connectivity index (χ0n) is 9.27. The molecule has 1 fully saturated rings. The van der Waals surface area contributed by atoms with E-state index in [9.17, 15) is 9.59 Å². The van der Waals surface area contributed by atoms with Crippen LogP contribution in [0.3, 0.4) is 0 Å². The van der Waals surface area contributed by atoms with Crippen molar-refractivity contribution in [3.8, 4) is 0 Å². The van der Waals surface area contributed by atoms with E-state index in [2.05, 4.69) is 4.98 Å². The van der Waals surface area contributed by atoms with Gasteiger partial charge in [-0.05, 0) is 12.5 Å². The molecule has 1 aromatic heterocycles. The van der Waals surface area contributed by atoms with Crippen molar-refractivity contribution < 1.29 is 14.7 Å². The summed E-state index contributed by atoms with van der Waals surface area (Å²) < 4.78 is 0. The number of carbonyl (C=O) groups excluding carboxylic acids is 1. The Labute approximate surface area is 113 Å². The molecule has 7 heteroatoms. The first-order valence-electron chi connectivity index (χ1n) is 5.32. The molecule has 1 aliphatic rings. The molecule has 1 N–H and O–H groups in total. The van der Waals surface area contributed by atoms with Crippen LogP contribution in [0.25, 0.3) is 0 Å². The van der Waals surface area contributed by atoms with Crippen LogP contribution in [0.5, 0.6) is 0 Å². The summed E-state index contributed by atoms with van der Waals surface area (Å²) in [5, 5.41) is 9.22. The number of amides is 1. The molecule has 1 aromatic rings. The van der Waals surface area contributed by atoms with Gasteiger partial charge in [-0.25, -0.2) is 4.98 Å². The van der Waals surface area contributed by atoms with Crippen molar-refractivity contribution in [2.75, 3.05) is 13.1 Å². The standard InChI is InChI=1S/C11H10Cl2N2O3/c12-8-3-7(4-14-9(8)13)10(16)15-2-1-6(5-15)11(17)18/h3-4,6H,1-2,5H2,(H,17,18). The fourth-order valence-corrected chi connectivity index (χ4v) is 2.14. The van der Waals surface area contributed by atoms with Crippen molar-refractivity contribution in [2.45, 2.75) is 6.42 Å². The number of aliphatic carboxylic acids is 1. The minimum absolute atomic E-state index is 0.137. The van der Waals surface area contributed by atoms with Crippen molar-refractivity contribution in [3.05, 3.63) is 28.0 Å². The van der Waals surface area contributed by atoms with E-state index in [1.165, 1.54) is 17.2 Å². The first-order valence-corrected chi connectivity index (χ1v) is 6.07. The summed E-state index contributed by atoms with van der Waals surface area (Å²) in [7, 11) is 0. The molecule has 18 heavy (non-hydrogen) atoms. The average Bonchev–Trinajstić information content (AvgIpc) is 2.81. The summed E-state index contributed by atoms with van der Waals surface area (Å²) >= 11 is 11.4. The highest BCUT2D eigenvalue weighted by Gasteiger charge is 2.31. The lowest BCUT2D eigenvalue weighted by atomic mass is 10.1. The van der Waals surface area contributed by atoms with Gasteiger partial charge >= 0.3 is 5.97 Å². The van der Waals surface area contributed by atoms with Gasteiger partial charge in [0.1, 0.15) is 5.15 Å². The first-order chi connectivity index (χ1) is 8.49. The minimum atomic E-state index is -0.877. The molecule has 2 rings (SSSR count). The average molecular weight is 289 g/mol. The number of aromatic nitrogens is 1. The quantitative estimate of drug-likeness (QED) is 0.845. The molecule has 0 bridgehead atoms. The van der Waals surface area contributed by atoms with E-state index in [-0.39, 0.29) is 22.6 Å². The van der Waals surface area contributed by atoms with Crippen molar-refractivity contribution in [2.24, 2.45) is 5.92 Å². The molecule has 0 aliphatic carbocycles. The van der Waals surface area contributed by atoms with Crippen LogP contribution < -0.4 is 0 Å². The van der Waals surface area contributed by atoms with Gasteiger partial charge in [-0.1, -0.05) is 23.2 Å². The van der Waals surface area contributed by atoms with Gasteiger partial charge in [0.2, 0.25) is 0 Å². The van der Waals surface area contributed by atoms with Crippen LogP contribution in [0, 0.1) is 5.92 Å². The normalized spacial score (nSPS) is 19.0. The SMILES string of the molecule is O=C(O)C1CCN(C(=O)c2cnc(Cl)c(Cl)c2)C1. The van der Waals surface area contributed by atoms with E-state index in [0.717, 1.165) is 0 Å². The van der Waals surface area contributed by atoms with Crippen LogP contribution in [-0.2, 0) is 4.79 Å². The van der Waals surface area contributed by atoms with Crippen LogP contribution in [-0.4, -0.2) is 40.0 Å². The van der Waals surface area contributed by atoms with E-state index >= 15 is 0 Å². The number of carboxylic acids is 1. The summed E-state index contributed by atoms with van der Waals surface area (Å²) in [5.74, 6) is -1.65. The molecule has 0 saturated carbocycles. The number of nitrogens with zero attached hydrogens (tertiary/aromatic N) is 2. The fraction of sp³-hybridized carbons (Fsp3) is 0.364. The largest absolute Gasteiger partial charge is 0.481 e. The lowest BCUT2D eigenvalue weighted by Crippen LogP contribution is -2.30. The number of carbonyl (C=O) groups is 2. The third kappa shape index (κ3) is 2.57. The van der Waals surface area contributed by atoms with E-state index in [4.69, 9.17) is 28.3 Å². The number of halogens is 2. The number of pyridine rings is 1. The molecule has 0 spiro atoms. The Morgan fingerprint density at radius 1 is 1.44 bits per heavy atom. The van der Waals surface area contributed by atoms with Crippen LogP contribution >= 0.6 is 23.2 Å². The van der Waals surface area contributed by atoms with Crippen LogP contribution in [0.1, 0.15) is 16.8 Å². The van der Waals surface area contributed by atoms with Crippen molar-refractivity contribution in [3.63, 3.8) is 0 Å². The summed E-state index contributed by atoms with van der Waals surface area (Å²) in [6.45, 7) is 0.643. The van der Waals surface area contributed by atoms with Crippen LogP contribution in [0.4, 0.5) is 0 Å². The van der Waals surface area contributed by atoms with Gasteiger partial charge in [-0.15, -0.1) is 0 Å². The minimum Gasteiger partial charge on any atom is -0.481 e. The number of rotatable bonds is 2. The zero-order valence-corrected chi connectivity index (χ0v) is 10.8. The second-order valence-corrected chi connectivity index (χ2v) is 4.84. The van der Waals surface area contributed by atoms with Gasteiger partial charge in [0, 0.05) is 19.3 Å². The summed E-state index contributed by atoms with van der Waals surface area (Å²) in [5.41, 5.74) is 0.315. The van der Waals surface area contributed by atoms with Crippen molar-refractivity contribution in [1.29, 1.82) is 0 Å². The molecule has 5 nitrogen and oxygen atoms in total. The lowest BCUT2D eigenvalue weighted by molar-refractivity contribution is -0.141. The van der Waals surface area contributed by atoms with E-state index in [1.54, 1.807) is 0 Å². The van der Waals surface area contributed by atoms with E-state index in [1.807, 2.05) is 0 Å². The molecular formula is C11H10Cl2N2O3. The van der Waals surface area contributed by atoms with Crippen molar-refractivity contribution >= 4 is 35.1 Å². The van der Waals surface area contributed by atoms with Gasteiger partial charge in [-0.2, -0.15) is 0 Å². The molecule has 0 aromatic carbocycles. The predicted molar refractivity (Wildman–Crippen MR) is 65.9 cm³/mol. The Balaban J connectivity index is 2.12. The van der Waals surface area contributed by atoms with Crippen LogP contribution in [0.15, 0.2) is 12.3 Å². The van der Waals surface area contributed by atoms with Gasteiger partial charge in [0.25, 0.3) is 5.91 Å². The second-order valence-electron chi connectivity index (χ2n) is 4.07. The van der Waals surface area contributed by atoms with Gasteiger partial charge < -0.3 is 10.0 Å². The Bertz CT molecular complexity index is 507. The highest BCUT2D eigenvalue weighted by atomic mass is 35.5. The molecule has 1 atom stereocenters. The Hall–Kier alpha value is -1.33. The molecule has 0 radical (unpaired) electrons. The monoisotopic (exact) mass is 288 g/mol. The summed E-state index contributed by atoms with van der Waals surface area (Å²) in [4.78, 5) is 28.2. The molecular weight excluding hydrogens is 279 g/mol. The second kappa shape index (κ2) is 5.12. The van der Waals surface area contributed by atoms with Gasteiger partial charge in [-0.3, -0.25) is 9.59 Å². The highest BCUT2D eigenvalue weighted by molar-refractivity contribution is 6.41. The third-order valence-corrected chi connectivity index (χ3v) is 3.55. The lowest BCUT2D eigenvalue weighted by Gasteiger charge is -2.15. The van der Waals surface area contributed by atoms with E-state index < -0.39 is 11.9 Å². The molecule has 1 aliphatic heterocycles. The predicted octanol–water partition coefficient (Wildman–Crippen LogP) is 1.94. The third-order valence-electron chi connectivity index (χ3n) is 2.87. The Kier molecular flexibility index (Phi) is 3.73.